The summed E-state index contributed by atoms with van der Waals surface area (Å²) < 4.78 is 17.1. The SMILES string of the molecule is NCCC(O)c1cccc(OCC2CCS(=O)CC2)c1. The van der Waals surface area contributed by atoms with Gasteiger partial charge in [0.1, 0.15) is 5.75 Å². The molecule has 20 heavy (non-hydrogen) atoms. The molecule has 0 bridgehead atoms. The van der Waals surface area contributed by atoms with Crippen molar-refractivity contribution in [2.45, 2.75) is 25.4 Å². The fraction of sp³-hybridized carbons (Fsp3) is 0.600. The highest BCUT2D eigenvalue weighted by Crippen LogP contribution is 2.23. The molecule has 1 heterocycles. The summed E-state index contributed by atoms with van der Waals surface area (Å²) in [6.07, 6.45) is 1.97. The second-order valence-corrected chi connectivity index (χ2v) is 6.96. The van der Waals surface area contributed by atoms with Gasteiger partial charge in [0, 0.05) is 22.3 Å². The average molecular weight is 297 g/mol. The van der Waals surface area contributed by atoms with E-state index in [0.29, 0.717) is 25.5 Å². The first-order valence-corrected chi connectivity index (χ1v) is 8.63. The Morgan fingerprint density at radius 3 is 2.85 bits per heavy atom. The van der Waals surface area contributed by atoms with Crippen molar-refractivity contribution in [1.82, 2.24) is 0 Å². The van der Waals surface area contributed by atoms with E-state index in [2.05, 4.69) is 0 Å². The van der Waals surface area contributed by atoms with Crippen molar-refractivity contribution in [2.24, 2.45) is 11.7 Å². The van der Waals surface area contributed by atoms with Crippen LogP contribution in [-0.2, 0) is 10.8 Å². The van der Waals surface area contributed by atoms with Gasteiger partial charge in [-0.15, -0.1) is 0 Å². The van der Waals surface area contributed by atoms with Crippen molar-refractivity contribution in [3.63, 3.8) is 0 Å². The van der Waals surface area contributed by atoms with E-state index in [-0.39, 0.29) is 0 Å². The lowest BCUT2D eigenvalue weighted by atomic mass is 10.0. The van der Waals surface area contributed by atoms with Crippen molar-refractivity contribution < 1.29 is 14.1 Å². The molecule has 5 heteroatoms. The molecule has 1 aliphatic rings. The zero-order valence-corrected chi connectivity index (χ0v) is 12.5. The predicted octanol–water partition coefficient (Wildman–Crippen LogP) is 1.61. The van der Waals surface area contributed by atoms with E-state index in [1.165, 1.54) is 0 Å². The van der Waals surface area contributed by atoms with Crippen molar-refractivity contribution in [1.29, 1.82) is 0 Å². The topological polar surface area (TPSA) is 72.6 Å². The molecule has 1 aliphatic heterocycles. The number of nitrogens with two attached hydrogens (primary N) is 1. The zero-order chi connectivity index (χ0) is 14.4. The lowest BCUT2D eigenvalue weighted by molar-refractivity contribution is 0.169. The van der Waals surface area contributed by atoms with Crippen molar-refractivity contribution in [2.75, 3.05) is 24.7 Å². The van der Waals surface area contributed by atoms with E-state index in [9.17, 15) is 9.32 Å². The first-order chi connectivity index (χ1) is 9.69. The van der Waals surface area contributed by atoms with Crippen LogP contribution in [0, 0.1) is 5.92 Å². The minimum Gasteiger partial charge on any atom is -0.493 e. The van der Waals surface area contributed by atoms with Gasteiger partial charge in [0.25, 0.3) is 0 Å². The van der Waals surface area contributed by atoms with Crippen molar-refractivity contribution >= 4 is 10.8 Å². The Kier molecular flexibility index (Phi) is 6.01. The molecule has 1 saturated heterocycles. The summed E-state index contributed by atoms with van der Waals surface area (Å²) in [5.41, 5.74) is 6.30. The number of ether oxygens (including phenoxy) is 1. The molecule has 1 aromatic carbocycles. The van der Waals surface area contributed by atoms with Crippen LogP contribution in [0.25, 0.3) is 0 Å². The van der Waals surface area contributed by atoms with Crippen LogP contribution in [0.4, 0.5) is 0 Å². The third-order valence-electron chi connectivity index (χ3n) is 3.68. The Morgan fingerprint density at radius 1 is 1.40 bits per heavy atom. The van der Waals surface area contributed by atoms with Gasteiger partial charge in [0.2, 0.25) is 0 Å². The summed E-state index contributed by atoms with van der Waals surface area (Å²) in [6.45, 7) is 1.12. The van der Waals surface area contributed by atoms with Crippen LogP contribution in [-0.4, -0.2) is 34.0 Å². The minimum atomic E-state index is -0.622. The van der Waals surface area contributed by atoms with E-state index in [1.54, 1.807) is 0 Å². The molecule has 2 rings (SSSR count). The van der Waals surface area contributed by atoms with Gasteiger partial charge in [-0.3, -0.25) is 4.21 Å². The quantitative estimate of drug-likeness (QED) is 0.836. The maximum absolute atomic E-state index is 11.3. The summed E-state index contributed by atoms with van der Waals surface area (Å²) >= 11 is 0. The molecule has 0 aromatic heterocycles. The van der Waals surface area contributed by atoms with Gasteiger partial charge >= 0.3 is 0 Å². The molecule has 112 valence electrons. The molecular weight excluding hydrogens is 274 g/mol. The van der Waals surface area contributed by atoms with Crippen LogP contribution in [0.5, 0.6) is 5.75 Å². The number of hydrogen-bond donors (Lipinski definition) is 2. The molecule has 3 N–H and O–H groups in total. The number of rotatable bonds is 6. The average Bonchev–Trinajstić information content (AvgIpc) is 2.47. The minimum absolute atomic E-state index is 0.464. The van der Waals surface area contributed by atoms with Gasteiger partial charge in [0.15, 0.2) is 0 Å². The zero-order valence-electron chi connectivity index (χ0n) is 11.7. The number of hydrogen-bond acceptors (Lipinski definition) is 4. The molecule has 0 radical (unpaired) electrons. The van der Waals surface area contributed by atoms with Crippen LogP contribution in [0.3, 0.4) is 0 Å². The summed E-state index contributed by atoms with van der Waals surface area (Å²) in [4.78, 5) is 0. The first-order valence-electron chi connectivity index (χ1n) is 7.15. The van der Waals surface area contributed by atoms with E-state index >= 15 is 0 Å². The Bertz CT molecular complexity index is 442. The van der Waals surface area contributed by atoms with E-state index < -0.39 is 16.9 Å². The molecule has 1 fully saturated rings. The Balaban J connectivity index is 1.86. The fourth-order valence-corrected chi connectivity index (χ4v) is 3.76. The number of aliphatic hydroxyl groups excluding tert-OH is 1. The summed E-state index contributed by atoms with van der Waals surface area (Å²) in [5.74, 6) is 2.86. The summed E-state index contributed by atoms with van der Waals surface area (Å²) in [6, 6.07) is 7.55. The highest BCUT2D eigenvalue weighted by molar-refractivity contribution is 7.85. The monoisotopic (exact) mass is 297 g/mol. The predicted molar refractivity (Wildman–Crippen MR) is 81.2 cm³/mol. The van der Waals surface area contributed by atoms with Crippen LogP contribution in [0.1, 0.15) is 30.9 Å². The van der Waals surface area contributed by atoms with E-state index in [4.69, 9.17) is 10.5 Å². The largest absolute Gasteiger partial charge is 0.493 e. The molecule has 0 aliphatic carbocycles. The first kappa shape index (κ1) is 15.5. The molecule has 1 aromatic rings. The standard InChI is InChI=1S/C15H23NO3S/c16-7-4-15(17)13-2-1-3-14(10-13)19-11-12-5-8-20(18)9-6-12/h1-3,10,12,15,17H,4-9,11,16H2. The lowest BCUT2D eigenvalue weighted by Gasteiger charge is -2.21. The van der Waals surface area contributed by atoms with Crippen molar-refractivity contribution in [3.8, 4) is 5.75 Å². The van der Waals surface area contributed by atoms with Gasteiger partial charge in [-0.05, 0) is 49.4 Å². The highest BCUT2D eigenvalue weighted by Gasteiger charge is 2.18. The van der Waals surface area contributed by atoms with E-state index in [0.717, 1.165) is 35.7 Å². The van der Waals surface area contributed by atoms with Crippen LogP contribution in [0.2, 0.25) is 0 Å². The molecule has 1 atom stereocenters. The lowest BCUT2D eigenvalue weighted by Crippen LogP contribution is -2.23. The maximum atomic E-state index is 11.3. The van der Waals surface area contributed by atoms with Gasteiger partial charge in [-0.25, -0.2) is 0 Å². The van der Waals surface area contributed by atoms with Crippen LogP contribution < -0.4 is 10.5 Å². The van der Waals surface area contributed by atoms with Gasteiger partial charge in [-0.2, -0.15) is 0 Å². The second-order valence-electron chi connectivity index (χ2n) is 5.27. The van der Waals surface area contributed by atoms with Crippen molar-refractivity contribution in [3.05, 3.63) is 29.8 Å². The molecule has 4 nitrogen and oxygen atoms in total. The molecule has 0 saturated carbocycles. The normalized spacial score (nSPS) is 24.3. The van der Waals surface area contributed by atoms with Gasteiger partial charge < -0.3 is 15.6 Å². The Morgan fingerprint density at radius 2 is 2.15 bits per heavy atom. The second kappa shape index (κ2) is 7.76. The summed E-state index contributed by atoms with van der Waals surface area (Å²) in [5, 5.41) is 9.92. The Labute approximate surface area is 122 Å². The van der Waals surface area contributed by atoms with Crippen LogP contribution in [0.15, 0.2) is 24.3 Å². The number of benzene rings is 1. The number of aliphatic hydroxyl groups is 1. The van der Waals surface area contributed by atoms with Gasteiger partial charge in [0.05, 0.1) is 12.7 Å². The third-order valence-corrected chi connectivity index (χ3v) is 5.06. The molecule has 1 unspecified atom stereocenters. The van der Waals surface area contributed by atoms with E-state index in [1.807, 2.05) is 24.3 Å². The van der Waals surface area contributed by atoms with Crippen LogP contribution >= 0.6 is 0 Å². The molecule has 0 amide bonds. The summed E-state index contributed by atoms with van der Waals surface area (Å²) in [7, 11) is -0.622. The molecule has 0 spiro atoms. The highest BCUT2D eigenvalue weighted by atomic mass is 32.2. The van der Waals surface area contributed by atoms with Gasteiger partial charge in [-0.1, -0.05) is 12.1 Å². The third kappa shape index (κ3) is 4.58. The smallest absolute Gasteiger partial charge is 0.119 e. The maximum Gasteiger partial charge on any atom is 0.119 e. The molecular formula is C15H23NO3S. The Hall–Kier alpha value is -0.910. The fourth-order valence-electron chi connectivity index (χ4n) is 2.36.